The van der Waals surface area contributed by atoms with E-state index in [4.69, 9.17) is 11.6 Å². The first-order valence-corrected chi connectivity index (χ1v) is 8.24. The maximum absolute atomic E-state index is 12.3. The van der Waals surface area contributed by atoms with Crippen molar-refractivity contribution in [1.29, 1.82) is 0 Å². The minimum absolute atomic E-state index is 0.271. The Bertz CT molecular complexity index is 645. The average molecular weight is 311 g/mol. The fourth-order valence-electron chi connectivity index (χ4n) is 1.97. The highest BCUT2D eigenvalue weighted by molar-refractivity contribution is 7.89. The predicted molar refractivity (Wildman–Crippen MR) is 81.9 cm³/mol. The molecule has 0 heterocycles. The van der Waals surface area contributed by atoms with Crippen LogP contribution in [0.15, 0.2) is 51.9 Å². The molecule has 1 aromatic rings. The van der Waals surface area contributed by atoms with Crippen LogP contribution in [-0.4, -0.2) is 14.5 Å². The Balaban J connectivity index is 2.16. The van der Waals surface area contributed by atoms with Gasteiger partial charge in [0, 0.05) is 11.1 Å². The lowest BCUT2D eigenvalue weighted by molar-refractivity contribution is 0.573. The predicted octanol–water partition coefficient (Wildman–Crippen LogP) is 3.32. The van der Waals surface area contributed by atoms with Gasteiger partial charge >= 0.3 is 0 Å². The van der Waals surface area contributed by atoms with Crippen LogP contribution in [0.5, 0.6) is 0 Å². The lowest BCUT2D eigenvalue weighted by Crippen LogP contribution is -2.34. The Hall–Kier alpha value is -1.10. The maximum Gasteiger partial charge on any atom is 0.241 e. The van der Waals surface area contributed by atoms with Gasteiger partial charge in [0.15, 0.2) is 0 Å². The second-order valence-corrected chi connectivity index (χ2v) is 6.98. The van der Waals surface area contributed by atoms with Gasteiger partial charge in [-0.05, 0) is 50.5 Å². The first kappa shape index (κ1) is 15.3. The molecule has 1 aliphatic carbocycles. The van der Waals surface area contributed by atoms with Crippen LogP contribution < -0.4 is 4.72 Å². The highest BCUT2D eigenvalue weighted by Crippen LogP contribution is 2.22. The highest BCUT2D eigenvalue weighted by Gasteiger charge is 2.20. The largest absolute Gasteiger partial charge is 0.241 e. The van der Waals surface area contributed by atoms with Crippen molar-refractivity contribution in [1.82, 2.24) is 4.72 Å². The quantitative estimate of drug-likeness (QED) is 0.927. The molecule has 0 amide bonds. The van der Waals surface area contributed by atoms with Crippen LogP contribution in [0, 0.1) is 13.3 Å². The molecule has 1 aliphatic rings. The van der Waals surface area contributed by atoms with E-state index in [1.807, 2.05) is 26.3 Å². The maximum atomic E-state index is 12.3. The SMILES string of the molecule is Cc1ccc(S(=O)(=O)N[C@@H](C)C2=CC(Cl)=CC[CH]2)cc1. The van der Waals surface area contributed by atoms with Crippen LogP contribution in [0.25, 0.3) is 0 Å². The van der Waals surface area contributed by atoms with Crippen molar-refractivity contribution in [2.24, 2.45) is 0 Å². The summed E-state index contributed by atoms with van der Waals surface area (Å²) in [5.41, 5.74) is 1.91. The Morgan fingerprint density at radius 1 is 1.25 bits per heavy atom. The molecule has 3 nitrogen and oxygen atoms in total. The van der Waals surface area contributed by atoms with Crippen LogP contribution in [-0.2, 0) is 10.0 Å². The topological polar surface area (TPSA) is 46.2 Å². The van der Waals surface area contributed by atoms with Crippen LogP contribution >= 0.6 is 11.6 Å². The highest BCUT2D eigenvalue weighted by atomic mass is 35.5. The molecule has 0 unspecified atom stereocenters. The van der Waals surface area contributed by atoms with Crippen molar-refractivity contribution < 1.29 is 8.42 Å². The Labute approximate surface area is 125 Å². The molecule has 1 N–H and O–H groups in total. The van der Waals surface area contributed by atoms with Gasteiger partial charge in [0.2, 0.25) is 10.0 Å². The number of allylic oxidation sites excluding steroid dienone is 3. The molecule has 107 valence electrons. The Kier molecular flexibility index (Phi) is 4.68. The summed E-state index contributed by atoms with van der Waals surface area (Å²) in [5.74, 6) is 0. The third-order valence-electron chi connectivity index (χ3n) is 3.13. The zero-order valence-electron chi connectivity index (χ0n) is 11.4. The summed E-state index contributed by atoms with van der Waals surface area (Å²) in [6.45, 7) is 3.73. The van der Waals surface area contributed by atoms with Crippen molar-refractivity contribution in [3.05, 3.63) is 59.0 Å². The Morgan fingerprint density at radius 2 is 1.90 bits per heavy atom. The fraction of sp³-hybridized carbons (Fsp3) is 0.267. The molecule has 20 heavy (non-hydrogen) atoms. The van der Waals surface area contributed by atoms with E-state index >= 15 is 0 Å². The zero-order chi connectivity index (χ0) is 14.8. The minimum Gasteiger partial charge on any atom is -0.207 e. The number of aryl methyl sites for hydroxylation is 1. The number of benzene rings is 1. The molecular weight excluding hydrogens is 294 g/mol. The van der Waals surface area contributed by atoms with E-state index < -0.39 is 10.0 Å². The summed E-state index contributed by atoms with van der Waals surface area (Å²) in [6.07, 6.45) is 6.36. The molecule has 0 bridgehead atoms. The number of hydrogen-bond acceptors (Lipinski definition) is 2. The number of sulfonamides is 1. The van der Waals surface area contributed by atoms with Gasteiger partial charge < -0.3 is 0 Å². The molecule has 0 saturated carbocycles. The van der Waals surface area contributed by atoms with Gasteiger partial charge in [0.05, 0.1) is 4.90 Å². The third-order valence-corrected chi connectivity index (χ3v) is 4.95. The summed E-state index contributed by atoms with van der Waals surface area (Å²) in [4.78, 5) is 0.271. The first-order chi connectivity index (χ1) is 9.38. The average Bonchev–Trinajstić information content (AvgIpc) is 2.38. The van der Waals surface area contributed by atoms with Crippen molar-refractivity contribution in [2.75, 3.05) is 0 Å². The molecule has 1 aromatic carbocycles. The third kappa shape index (κ3) is 3.72. The van der Waals surface area contributed by atoms with Crippen LogP contribution in [0.4, 0.5) is 0 Å². The summed E-state index contributed by atoms with van der Waals surface area (Å²) in [6, 6.07) is 6.46. The van der Waals surface area contributed by atoms with Crippen LogP contribution in [0.2, 0.25) is 0 Å². The normalized spacial score (nSPS) is 17.4. The monoisotopic (exact) mass is 310 g/mol. The molecule has 5 heteroatoms. The molecule has 1 radical (unpaired) electrons. The van der Waals surface area contributed by atoms with E-state index in [1.54, 1.807) is 30.3 Å². The number of nitrogens with one attached hydrogen (secondary N) is 1. The number of rotatable bonds is 4. The summed E-state index contributed by atoms with van der Waals surface area (Å²) in [7, 11) is -3.52. The van der Waals surface area contributed by atoms with Crippen molar-refractivity contribution >= 4 is 21.6 Å². The van der Waals surface area contributed by atoms with Crippen LogP contribution in [0.1, 0.15) is 18.9 Å². The lowest BCUT2D eigenvalue weighted by Gasteiger charge is -2.19. The lowest BCUT2D eigenvalue weighted by atomic mass is 10.00. The van der Waals surface area contributed by atoms with E-state index in [0.29, 0.717) is 5.03 Å². The molecule has 0 aromatic heterocycles. The van der Waals surface area contributed by atoms with E-state index in [-0.39, 0.29) is 10.9 Å². The van der Waals surface area contributed by atoms with Crippen molar-refractivity contribution in [3.63, 3.8) is 0 Å². The molecule has 0 aliphatic heterocycles. The van der Waals surface area contributed by atoms with Gasteiger partial charge in [-0.3, -0.25) is 0 Å². The molecule has 2 rings (SSSR count). The fourth-order valence-corrected chi connectivity index (χ4v) is 3.42. The number of hydrogen-bond donors (Lipinski definition) is 1. The van der Waals surface area contributed by atoms with Gasteiger partial charge in [-0.25, -0.2) is 13.1 Å². The summed E-state index contributed by atoms with van der Waals surface area (Å²) >= 11 is 5.95. The van der Waals surface area contributed by atoms with Crippen molar-refractivity contribution in [3.8, 4) is 0 Å². The van der Waals surface area contributed by atoms with Gasteiger partial charge in [-0.1, -0.05) is 35.4 Å². The second-order valence-electron chi connectivity index (χ2n) is 4.83. The first-order valence-electron chi connectivity index (χ1n) is 6.38. The second kappa shape index (κ2) is 6.12. The van der Waals surface area contributed by atoms with E-state index in [1.165, 1.54) is 0 Å². The van der Waals surface area contributed by atoms with E-state index in [2.05, 4.69) is 4.72 Å². The molecule has 0 spiro atoms. The minimum atomic E-state index is -3.52. The van der Waals surface area contributed by atoms with Crippen molar-refractivity contribution in [2.45, 2.75) is 31.2 Å². The van der Waals surface area contributed by atoms with E-state index in [0.717, 1.165) is 17.6 Å². The van der Waals surface area contributed by atoms with Gasteiger partial charge in [-0.15, -0.1) is 0 Å². The zero-order valence-corrected chi connectivity index (χ0v) is 13.0. The van der Waals surface area contributed by atoms with E-state index in [9.17, 15) is 8.42 Å². The number of halogens is 1. The smallest absolute Gasteiger partial charge is 0.207 e. The summed E-state index contributed by atoms with van der Waals surface area (Å²) in [5, 5.41) is 0.642. The van der Waals surface area contributed by atoms with Gasteiger partial charge in [-0.2, -0.15) is 0 Å². The molecular formula is C15H17ClNO2S. The van der Waals surface area contributed by atoms with Gasteiger partial charge in [0.1, 0.15) is 0 Å². The van der Waals surface area contributed by atoms with Gasteiger partial charge in [0.25, 0.3) is 0 Å². The molecule has 1 atom stereocenters. The molecule has 0 saturated heterocycles. The summed E-state index contributed by atoms with van der Waals surface area (Å²) < 4.78 is 27.2. The molecule has 0 fully saturated rings. The Morgan fingerprint density at radius 3 is 2.50 bits per heavy atom. The van der Waals surface area contributed by atoms with Crippen LogP contribution in [0.3, 0.4) is 0 Å². The standard InChI is InChI=1S/C15H17ClNO2S/c1-11-6-8-15(9-7-11)20(18,19)17-12(2)13-4-3-5-14(16)10-13/h4-10,12,17H,3H2,1-2H3/t12-/m0/s1.